The Labute approximate surface area is 123 Å². The van der Waals surface area contributed by atoms with Gasteiger partial charge in [-0.2, -0.15) is 13.2 Å². The lowest BCUT2D eigenvalue weighted by atomic mass is 10.1. The number of rotatable bonds is 3. The van der Waals surface area contributed by atoms with Gasteiger partial charge in [0.25, 0.3) is 0 Å². The van der Waals surface area contributed by atoms with Crippen LogP contribution in [0.2, 0.25) is 0 Å². The predicted molar refractivity (Wildman–Crippen MR) is 70.1 cm³/mol. The third-order valence-corrected chi connectivity index (χ3v) is 5.13. The molecule has 0 aliphatic carbocycles. The number of carbonyl (C=O) groups is 1. The number of alkyl halides is 3. The minimum Gasteiger partial charge on any atom is -0.325 e. The number of likely N-dealkylation sites (tertiary alicyclic amines) is 1. The molecule has 116 valence electrons. The number of hydrogen-bond acceptors (Lipinski definition) is 3. The molecule has 1 aliphatic rings. The fourth-order valence-corrected chi connectivity index (χ4v) is 3.36. The van der Waals surface area contributed by atoms with Crippen LogP contribution < -0.4 is 0 Å². The van der Waals surface area contributed by atoms with Crippen molar-refractivity contribution in [1.29, 1.82) is 0 Å². The molecule has 2 atom stereocenters. The van der Waals surface area contributed by atoms with E-state index in [0.29, 0.717) is 4.90 Å². The second-order valence-electron chi connectivity index (χ2n) is 4.70. The molecule has 1 saturated heterocycles. The fourth-order valence-electron chi connectivity index (χ4n) is 2.32. The number of benzene rings is 1. The van der Waals surface area contributed by atoms with E-state index in [2.05, 4.69) is 0 Å². The van der Waals surface area contributed by atoms with Gasteiger partial charge >= 0.3 is 6.18 Å². The molecule has 1 fully saturated rings. The lowest BCUT2D eigenvalue weighted by molar-refractivity contribution is -0.188. The molecule has 2 rings (SSSR count). The number of hydrogen-bond donors (Lipinski definition) is 0. The highest BCUT2D eigenvalue weighted by Gasteiger charge is 2.51. The second kappa shape index (κ2) is 5.49. The maximum atomic E-state index is 13.3. The van der Waals surface area contributed by atoms with Crippen LogP contribution in [0.3, 0.4) is 0 Å². The van der Waals surface area contributed by atoms with Gasteiger partial charge in [0.2, 0.25) is 15.0 Å². The Bertz CT molecular complexity index is 633. The molecule has 0 spiro atoms. The molecule has 0 aromatic heterocycles. The van der Waals surface area contributed by atoms with Gasteiger partial charge in [-0.3, -0.25) is 4.79 Å². The first-order valence-corrected chi connectivity index (χ1v) is 8.32. The monoisotopic (exact) mass is 341 g/mol. The normalized spacial score (nSPS) is 21.6. The molecule has 0 radical (unpaired) electrons. The molecule has 1 amide bonds. The Morgan fingerprint density at radius 1 is 1.24 bits per heavy atom. The molecule has 0 N–H and O–H groups in total. The number of halogens is 4. The summed E-state index contributed by atoms with van der Waals surface area (Å²) in [5.74, 6) is -0.879. The van der Waals surface area contributed by atoms with Crippen LogP contribution in [0.15, 0.2) is 30.3 Å². The summed E-state index contributed by atoms with van der Waals surface area (Å²) in [5, 5.41) is -1.32. The maximum Gasteiger partial charge on any atom is 0.413 e. The van der Waals surface area contributed by atoms with Gasteiger partial charge in [0, 0.05) is 23.6 Å². The van der Waals surface area contributed by atoms with Gasteiger partial charge in [-0.05, 0) is 5.56 Å². The second-order valence-corrected chi connectivity index (χ2v) is 7.61. The lowest BCUT2D eigenvalue weighted by Gasteiger charge is -2.30. The third kappa shape index (κ3) is 3.49. The summed E-state index contributed by atoms with van der Waals surface area (Å²) in [6.45, 7) is -0.566. The van der Waals surface area contributed by atoms with Crippen LogP contribution in [0.4, 0.5) is 13.2 Å². The van der Waals surface area contributed by atoms with Crippen molar-refractivity contribution >= 4 is 25.6 Å². The number of nitrogens with zero attached hydrogens (tertiary/aromatic N) is 1. The fraction of sp³-hybridized carbons (Fsp3) is 0.417. The predicted octanol–water partition coefficient (Wildman–Crippen LogP) is 2.46. The highest BCUT2D eigenvalue weighted by Crippen LogP contribution is 2.40. The van der Waals surface area contributed by atoms with E-state index in [0.717, 1.165) is 0 Å². The van der Waals surface area contributed by atoms with Crippen LogP contribution in [0, 0.1) is 0 Å². The lowest BCUT2D eigenvalue weighted by Crippen LogP contribution is -2.40. The van der Waals surface area contributed by atoms with Crippen LogP contribution in [-0.4, -0.2) is 37.2 Å². The Morgan fingerprint density at radius 3 is 2.24 bits per heavy atom. The van der Waals surface area contributed by atoms with Crippen molar-refractivity contribution < 1.29 is 26.4 Å². The summed E-state index contributed by atoms with van der Waals surface area (Å²) in [6, 6.07) is 4.71. The number of carbonyl (C=O) groups excluding carboxylic acids is 1. The van der Waals surface area contributed by atoms with Crippen LogP contribution in [-0.2, 0) is 13.8 Å². The highest BCUT2D eigenvalue weighted by molar-refractivity contribution is 8.14. The van der Waals surface area contributed by atoms with E-state index in [-0.39, 0.29) is 5.56 Å². The van der Waals surface area contributed by atoms with Crippen molar-refractivity contribution in [3.8, 4) is 0 Å². The average molecular weight is 342 g/mol. The first kappa shape index (κ1) is 16.1. The molecular weight excluding hydrogens is 331 g/mol. The Kier molecular flexibility index (Phi) is 4.21. The van der Waals surface area contributed by atoms with Crippen LogP contribution >= 0.6 is 10.7 Å². The van der Waals surface area contributed by atoms with Gasteiger partial charge in [-0.15, -0.1) is 0 Å². The molecule has 21 heavy (non-hydrogen) atoms. The molecule has 4 nitrogen and oxygen atoms in total. The molecule has 0 saturated carbocycles. The smallest absolute Gasteiger partial charge is 0.325 e. The van der Waals surface area contributed by atoms with Crippen molar-refractivity contribution in [3.63, 3.8) is 0 Å². The molecule has 1 heterocycles. The van der Waals surface area contributed by atoms with Crippen LogP contribution in [0.5, 0.6) is 0 Å². The third-order valence-electron chi connectivity index (χ3n) is 3.26. The zero-order chi connectivity index (χ0) is 15.8. The van der Waals surface area contributed by atoms with Gasteiger partial charge < -0.3 is 4.90 Å². The van der Waals surface area contributed by atoms with Crippen molar-refractivity contribution in [2.75, 3.05) is 6.54 Å². The SMILES string of the molecule is O=C1CC(S(=O)(=O)Cl)CN1C(c1ccccc1)C(F)(F)F. The van der Waals surface area contributed by atoms with Gasteiger partial charge in [0.1, 0.15) is 5.25 Å². The summed E-state index contributed by atoms with van der Waals surface area (Å²) >= 11 is 0. The zero-order valence-electron chi connectivity index (χ0n) is 10.5. The summed E-state index contributed by atoms with van der Waals surface area (Å²) < 4.78 is 62.3. The highest BCUT2D eigenvalue weighted by atomic mass is 35.7. The van der Waals surface area contributed by atoms with E-state index in [1.165, 1.54) is 24.3 Å². The quantitative estimate of drug-likeness (QED) is 0.794. The molecule has 1 aromatic rings. The zero-order valence-corrected chi connectivity index (χ0v) is 12.1. The van der Waals surface area contributed by atoms with Gasteiger partial charge in [-0.1, -0.05) is 30.3 Å². The molecule has 0 bridgehead atoms. The van der Waals surface area contributed by atoms with E-state index in [9.17, 15) is 26.4 Å². The van der Waals surface area contributed by atoms with Gasteiger partial charge in [0.15, 0.2) is 6.04 Å². The Morgan fingerprint density at radius 2 is 1.81 bits per heavy atom. The Hall–Kier alpha value is -1.28. The first-order chi connectivity index (χ1) is 9.60. The molecule has 1 aromatic carbocycles. The topological polar surface area (TPSA) is 54.5 Å². The molecular formula is C12H11ClF3NO3S. The summed E-state index contributed by atoms with van der Waals surface area (Å²) in [4.78, 5) is 12.3. The van der Waals surface area contributed by atoms with Crippen LogP contribution in [0.1, 0.15) is 18.0 Å². The van der Waals surface area contributed by atoms with Crippen molar-refractivity contribution in [1.82, 2.24) is 4.90 Å². The van der Waals surface area contributed by atoms with Crippen molar-refractivity contribution in [2.45, 2.75) is 23.9 Å². The van der Waals surface area contributed by atoms with Crippen LogP contribution in [0.25, 0.3) is 0 Å². The van der Waals surface area contributed by atoms with Crippen molar-refractivity contribution in [2.24, 2.45) is 0 Å². The summed E-state index contributed by atoms with van der Waals surface area (Å²) in [6.07, 6.45) is -5.24. The van der Waals surface area contributed by atoms with Gasteiger partial charge in [0.05, 0.1) is 0 Å². The van der Waals surface area contributed by atoms with Gasteiger partial charge in [-0.25, -0.2) is 8.42 Å². The molecule has 9 heteroatoms. The molecule has 1 aliphatic heterocycles. The van der Waals surface area contributed by atoms with E-state index in [1.807, 2.05) is 0 Å². The van der Waals surface area contributed by atoms with E-state index < -0.39 is 45.4 Å². The van der Waals surface area contributed by atoms with Crippen molar-refractivity contribution in [3.05, 3.63) is 35.9 Å². The van der Waals surface area contributed by atoms with E-state index in [4.69, 9.17) is 10.7 Å². The first-order valence-electron chi connectivity index (χ1n) is 5.95. The summed E-state index contributed by atoms with van der Waals surface area (Å²) in [5.41, 5.74) is -0.119. The minimum absolute atomic E-state index is 0.119. The summed E-state index contributed by atoms with van der Waals surface area (Å²) in [7, 11) is 1.06. The number of amides is 1. The minimum atomic E-state index is -4.71. The largest absolute Gasteiger partial charge is 0.413 e. The average Bonchev–Trinajstić information content (AvgIpc) is 2.71. The Balaban J connectivity index is 2.38. The molecule has 2 unspecified atom stereocenters. The standard InChI is InChI=1S/C12H11ClF3NO3S/c13-21(19,20)9-6-10(18)17(7-9)11(12(14,15)16)8-4-2-1-3-5-8/h1-5,9,11H,6-7H2. The maximum absolute atomic E-state index is 13.3. The van der Waals surface area contributed by atoms with E-state index >= 15 is 0 Å². The van der Waals surface area contributed by atoms with E-state index in [1.54, 1.807) is 6.07 Å².